The minimum Gasteiger partial charge on any atom is -0.464 e. The molecule has 0 bridgehead atoms. The van der Waals surface area contributed by atoms with E-state index < -0.39 is 17.0 Å². The number of rotatable bonds is 6. The molecule has 0 atom stereocenters. The van der Waals surface area contributed by atoms with E-state index in [1.165, 1.54) is 37.5 Å². The minimum atomic E-state index is -0.851. The Kier molecular flexibility index (Phi) is 6.44. The molecule has 1 N–H and O–H groups in total. The van der Waals surface area contributed by atoms with Crippen LogP contribution in [0, 0.1) is 10.1 Å². The Labute approximate surface area is 149 Å². The summed E-state index contributed by atoms with van der Waals surface area (Å²) in [6.07, 6.45) is 0.606. The summed E-state index contributed by atoms with van der Waals surface area (Å²) in [5.74, 6) is -0.721. The highest BCUT2D eigenvalue weighted by Crippen LogP contribution is 2.13. The first kappa shape index (κ1) is 18.7. The second kappa shape index (κ2) is 8.97. The lowest BCUT2D eigenvalue weighted by atomic mass is 10.2. The van der Waals surface area contributed by atoms with Crippen LogP contribution in [0.5, 0.6) is 0 Å². The minimum absolute atomic E-state index is 0.0584. The standard InChI is InChI=1S/C18H16N2O6/c1-25-17(21)16(11-13-5-3-2-4-6-13)19-18(22)26-12-14-7-9-15(10-8-14)20(23)24/h2-11H,12H2,1H3,(H,19,22)/b16-11-. The lowest BCUT2D eigenvalue weighted by Crippen LogP contribution is -2.28. The topological polar surface area (TPSA) is 108 Å². The summed E-state index contributed by atoms with van der Waals surface area (Å²) in [5.41, 5.74) is 1.13. The van der Waals surface area contributed by atoms with Gasteiger partial charge in [0.1, 0.15) is 12.3 Å². The van der Waals surface area contributed by atoms with Crippen LogP contribution in [-0.4, -0.2) is 24.1 Å². The number of hydrogen-bond donors (Lipinski definition) is 1. The molecular weight excluding hydrogens is 340 g/mol. The average molecular weight is 356 g/mol. The SMILES string of the molecule is COC(=O)/C(=C/c1ccccc1)NC(=O)OCc1ccc([N+](=O)[O-])cc1. The first-order chi connectivity index (χ1) is 12.5. The van der Waals surface area contributed by atoms with Crippen molar-refractivity contribution in [1.82, 2.24) is 5.32 Å². The number of methoxy groups -OCH3 is 1. The molecule has 0 aromatic heterocycles. The maximum Gasteiger partial charge on any atom is 0.412 e. The van der Waals surface area contributed by atoms with E-state index in [1.807, 2.05) is 6.07 Å². The van der Waals surface area contributed by atoms with Crippen molar-refractivity contribution in [3.05, 3.63) is 81.5 Å². The van der Waals surface area contributed by atoms with E-state index in [0.29, 0.717) is 11.1 Å². The molecule has 0 aliphatic rings. The first-order valence-corrected chi connectivity index (χ1v) is 7.52. The Hall–Kier alpha value is -3.68. The summed E-state index contributed by atoms with van der Waals surface area (Å²) in [4.78, 5) is 33.8. The van der Waals surface area contributed by atoms with Gasteiger partial charge < -0.3 is 9.47 Å². The number of ether oxygens (including phenoxy) is 2. The molecule has 2 rings (SSSR count). The molecule has 0 aliphatic carbocycles. The molecule has 0 fully saturated rings. The predicted octanol–water partition coefficient (Wildman–Crippen LogP) is 3.04. The molecule has 0 unspecified atom stereocenters. The van der Waals surface area contributed by atoms with Gasteiger partial charge in [0.25, 0.3) is 5.69 Å². The van der Waals surface area contributed by atoms with Gasteiger partial charge in [-0.3, -0.25) is 15.4 Å². The third-order valence-corrected chi connectivity index (χ3v) is 3.27. The second-order valence-corrected chi connectivity index (χ2v) is 5.08. The van der Waals surface area contributed by atoms with Gasteiger partial charge in [-0.1, -0.05) is 30.3 Å². The fourth-order valence-electron chi connectivity index (χ4n) is 1.98. The van der Waals surface area contributed by atoms with Crippen LogP contribution in [0.3, 0.4) is 0 Å². The van der Waals surface area contributed by atoms with Gasteiger partial charge in [-0.2, -0.15) is 0 Å². The predicted molar refractivity (Wildman–Crippen MR) is 92.9 cm³/mol. The van der Waals surface area contributed by atoms with Crippen LogP contribution in [0.15, 0.2) is 60.3 Å². The molecule has 0 radical (unpaired) electrons. The quantitative estimate of drug-likeness (QED) is 0.369. The molecule has 0 saturated carbocycles. The van der Waals surface area contributed by atoms with Crippen LogP contribution < -0.4 is 5.32 Å². The van der Waals surface area contributed by atoms with Gasteiger partial charge >= 0.3 is 12.1 Å². The number of nitro groups is 1. The van der Waals surface area contributed by atoms with E-state index in [-0.39, 0.29) is 18.0 Å². The van der Waals surface area contributed by atoms with Gasteiger partial charge in [-0.05, 0) is 29.3 Å². The molecule has 0 heterocycles. The van der Waals surface area contributed by atoms with Gasteiger partial charge in [0.05, 0.1) is 12.0 Å². The van der Waals surface area contributed by atoms with Crippen molar-refractivity contribution < 1.29 is 24.0 Å². The summed E-state index contributed by atoms with van der Waals surface area (Å²) < 4.78 is 9.67. The molecule has 8 nitrogen and oxygen atoms in total. The van der Waals surface area contributed by atoms with Gasteiger partial charge in [-0.25, -0.2) is 9.59 Å². The Bertz CT molecular complexity index is 815. The van der Waals surface area contributed by atoms with Crippen LogP contribution >= 0.6 is 0 Å². The van der Waals surface area contributed by atoms with Crippen molar-refractivity contribution >= 4 is 23.8 Å². The number of carbonyl (C=O) groups is 2. The van der Waals surface area contributed by atoms with E-state index in [1.54, 1.807) is 24.3 Å². The number of nitrogens with zero attached hydrogens (tertiary/aromatic N) is 1. The maximum atomic E-state index is 11.9. The van der Waals surface area contributed by atoms with E-state index in [2.05, 4.69) is 10.1 Å². The van der Waals surface area contributed by atoms with Crippen LogP contribution in [-0.2, 0) is 20.9 Å². The Morgan fingerprint density at radius 2 is 1.77 bits per heavy atom. The van der Waals surface area contributed by atoms with E-state index in [9.17, 15) is 19.7 Å². The Morgan fingerprint density at radius 3 is 2.35 bits per heavy atom. The summed E-state index contributed by atoms with van der Waals surface area (Å²) in [6.45, 7) is -0.108. The molecule has 26 heavy (non-hydrogen) atoms. The highest BCUT2D eigenvalue weighted by Gasteiger charge is 2.14. The van der Waals surface area contributed by atoms with Crippen molar-refractivity contribution in [2.45, 2.75) is 6.61 Å². The number of non-ortho nitro benzene ring substituents is 1. The lowest BCUT2D eigenvalue weighted by molar-refractivity contribution is -0.384. The average Bonchev–Trinajstić information content (AvgIpc) is 2.66. The van der Waals surface area contributed by atoms with Gasteiger partial charge in [-0.15, -0.1) is 0 Å². The van der Waals surface area contributed by atoms with Crippen LogP contribution in [0.25, 0.3) is 6.08 Å². The number of nitrogens with one attached hydrogen (secondary N) is 1. The monoisotopic (exact) mass is 356 g/mol. The van der Waals surface area contributed by atoms with Crippen molar-refractivity contribution in [2.24, 2.45) is 0 Å². The Morgan fingerprint density at radius 1 is 1.12 bits per heavy atom. The molecule has 1 amide bonds. The number of hydrogen-bond acceptors (Lipinski definition) is 6. The zero-order valence-electron chi connectivity index (χ0n) is 13.9. The molecule has 0 saturated heterocycles. The zero-order chi connectivity index (χ0) is 18.9. The number of amides is 1. The lowest BCUT2D eigenvalue weighted by Gasteiger charge is -2.09. The van der Waals surface area contributed by atoms with Crippen molar-refractivity contribution in [3.8, 4) is 0 Å². The van der Waals surface area contributed by atoms with Crippen LogP contribution in [0.4, 0.5) is 10.5 Å². The summed E-state index contributed by atoms with van der Waals surface area (Å²) in [5, 5.41) is 12.9. The first-order valence-electron chi connectivity index (χ1n) is 7.52. The van der Waals surface area contributed by atoms with E-state index >= 15 is 0 Å². The van der Waals surface area contributed by atoms with E-state index in [4.69, 9.17) is 4.74 Å². The normalized spacial score (nSPS) is 10.7. The van der Waals surface area contributed by atoms with Crippen molar-refractivity contribution in [2.75, 3.05) is 7.11 Å². The smallest absolute Gasteiger partial charge is 0.412 e. The molecule has 134 valence electrons. The fraction of sp³-hybridized carbons (Fsp3) is 0.111. The molecular formula is C18H16N2O6. The van der Waals surface area contributed by atoms with Crippen LogP contribution in [0.1, 0.15) is 11.1 Å². The van der Waals surface area contributed by atoms with Crippen molar-refractivity contribution in [3.63, 3.8) is 0 Å². The number of benzene rings is 2. The maximum absolute atomic E-state index is 11.9. The molecule has 0 aliphatic heterocycles. The van der Waals surface area contributed by atoms with Gasteiger partial charge in [0.2, 0.25) is 0 Å². The number of carbonyl (C=O) groups excluding carboxylic acids is 2. The fourth-order valence-corrected chi connectivity index (χ4v) is 1.98. The summed E-state index contributed by atoms with van der Waals surface area (Å²) in [6, 6.07) is 14.5. The number of nitro benzene ring substituents is 1. The molecule has 2 aromatic carbocycles. The second-order valence-electron chi connectivity index (χ2n) is 5.08. The van der Waals surface area contributed by atoms with Gasteiger partial charge in [0.15, 0.2) is 0 Å². The van der Waals surface area contributed by atoms with Crippen molar-refractivity contribution in [1.29, 1.82) is 0 Å². The third-order valence-electron chi connectivity index (χ3n) is 3.27. The van der Waals surface area contributed by atoms with E-state index in [0.717, 1.165) is 0 Å². The largest absolute Gasteiger partial charge is 0.464 e. The number of esters is 1. The molecule has 0 spiro atoms. The highest BCUT2D eigenvalue weighted by molar-refractivity contribution is 5.96. The third kappa shape index (κ3) is 5.45. The van der Waals surface area contributed by atoms with Gasteiger partial charge in [0, 0.05) is 12.1 Å². The summed E-state index contributed by atoms with van der Waals surface area (Å²) in [7, 11) is 1.20. The highest BCUT2D eigenvalue weighted by atomic mass is 16.6. The molecule has 8 heteroatoms. The van der Waals surface area contributed by atoms with Crippen LogP contribution in [0.2, 0.25) is 0 Å². The zero-order valence-corrected chi connectivity index (χ0v) is 13.9. The number of alkyl carbamates (subject to hydrolysis) is 1. The Balaban J connectivity index is 2.00. The summed E-state index contributed by atoms with van der Waals surface area (Å²) >= 11 is 0. The molecule has 2 aromatic rings.